The van der Waals surface area contributed by atoms with E-state index >= 15 is 0 Å². The molecular formula is C17H26BrN3. The van der Waals surface area contributed by atoms with Crippen LogP contribution in [0.25, 0.3) is 0 Å². The van der Waals surface area contributed by atoms with Crippen LogP contribution in [0.2, 0.25) is 0 Å². The first-order valence-electron chi connectivity index (χ1n) is 8.22. The Bertz CT molecular complexity index is 465. The van der Waals surface area contributed by atoms with Gasteiger partial charge in [0.1, 0.15) is 0 Å². The van der Waals surface area contributed by atoms with E-state index in [1.54, 1.807) is 0 Å². The minimum atomic E-state index is 0.937. The second-order valence-electron chi connectivity index (χ2n) is 6.29. The third-order valence-electron chi connectivity index (χ3n) is 4.55. The fourth-order valence-corrected chi connectivity index (χ4v) is 3.50. The standard InChI is InChI=1S/C17H26BrN3/c1-2-19-12-15-5-6-16(11-17(15)18)21-9-7-20(8-10-21)13-14-3-4-14/h5-6,11,14,19H,2-4,7-10,12-13H2,1H3. The average molecular weight is 352 g/mol. The van der Waals surface area contributed by atoms with Crippen LogP contribution in [0, 0.1) is 5.92 Å². The molecule has 3 rings (SSSR count). The van der Waals surface area contributed by atoms with Gasteiger partial charge in [0.2, 0.25) is 0 Å². The van der Waals surface area contributed by atoms with Crippen LogP contribution in [0.5, 0.6) is 0 Å². The van der Waals surface area contributed by atoms with Gasteiger partial charge in [0.05, 0.1) is 0 Å². The molecule has 116 valence electrons. The SMILES string of the molecule is CCNCc1ccc(N2CCN(CC3CC3)CC2)cc1Br. The van der Waals surface area contributed by atoms with E-state index in [1.807, 2.05) is 0 Å². The van der Waals surface area contributed by atoms with Gasteiger partial charge in [-0.1, -0.05) is 28.9 Å². The van der Waals surface area contributed by atoms with Gasteiger partial charge in [0.15, 0.2) is 0 Å². The average Bonchev–Trinajstić information content (AvgIpc) is 3.31. The van der Waals surface area contributed by atoms with Crippen molar-refractivity contribution in [3.05, 3.63) is 28.2 Å². The van der Waals surface area contributed by atoms with Crippen molar-refractivity contribution in [3.8, 4) is 0 Å². The zero-order valence-electron chi connectivity index (χ0n) is 12.9. The molecule has 1 aromatic rings. The highest BCUT2D eigenvalue weighted by atomic mass is 79.9. The number of nitrogens with zero attached hydrogens (tertiary/aromatic N) is 2. The molecule has 1 heterocycles. The molecule has 0 spiro atoms. The van der Waals surface area contributed by atoms with Crippen LogP contribution >= 0.6 is 15.9 Å². The largest absolute Gasteiger partial charge is 0.369 e. The van der Waals surface area contributed by atoms with Crippen LogP contribution < -0.4 is 10.2 Å². The Morgan fingerprint density at radius 3 is 2.57 bits per heavy atom. The lowest BCUT2D eigenvalue weighted by atomic mass is 10.1. The number of anilines is 1. The normalized spacial score (nSPS) is 20.0. The summed E-state index contributed by atoms with van der Waals surface area (Å²) in [5.74, 6) is 1.01. The molecule has 3 nitrogen and oxygen atoms in total. The molecular weight excluding hydrogens is 326 g/mol. The lowest BCUT2D eigenvalue weighted by Gasteiger charge is -2.36. The molecule has 1 aromatic carbocycles. The quantitative estimate of drug-likeness (QED) is 0.849. The Kier molecular flexibility index (Phi) is 5.19. The number of hydrogen-bond acceptors (Lipinski definition) is 3. The monoisotopic (exact) mass is 351 g/mol. The first-order valence-corrected chi connectivity index (χ1v) is 9.02. The number of benzene rings is 1. The predicted molar refractivity (Wildman–Crippen MR) is 92.9 cm³/mol. The van der Waals surface area contributed by atoms with E-state index in [-0.39, 0.29) is 0 Å². The van der Waals surface area contributed by atoms with Gasteiger partial charge in [-0.25, -0.2) is 0 Å². The number of rotatable bonds is 6. The third-order valence-corrected chi connectivity index (χ3v) is 5.29. The van der Waals surface area contributed by atoms with Crippen molar-refractivity contribution in [3.63, 3.8) is 0 Å². The summed E-state index contributed by atoms with van der Waals surface area (Å²) in [6.07, 6.45) is 2.92. The molecule has 1 saturated carbocycles. The minimum absolute atomic E-state index is 0.937. The van der Waals surface area contributed by atoms with Crippen molar-refractivity contribution in [2.24, 2.45) is 5.92 Å². The van der Waals surface area contributed by atoms with Gasteiger partial charge in [-0.2, -0.15) is 0 Å². The minimum Gasteiger partial charge on any atom is -0.369 e. The Morgan fingerprint density at radius 1 is 1.19 bits per heavy atom. The first-order chi connectivity index (χ1) is 10.3. The second kappa shape index (κ2) is 7.12. The molecule has 1 aliphatic heterocycles. The summed E-state index contributed by atoms with van der Waals surface area (Å²) in [6, 6.07) is 6.80. The van der Waals surface area contributed by atoms with E-state index in [2.05, 4.69) is 56.2 Å². The molecule has 1 N–H and O–H groups in total. The molecule has 1 saturated heterocycles. The molecule has 21 heavy (non-hydrogen) atoms. The fraction of sp³-hybridized carbons (Fsp3) is 0.647. The molecule has 0 amide bonds. The van der Waals surface area contributed by atoms with Crippen molar-refractivity contribution in [2.45, 2.75) is 26.3 Å². The Balaban J connectivity index is 1.55. The number of nitrogens with one attached hydrogen (secondary N) is 1. The molecule has 0 radical (unpaired) electrons. The van der Waals surface area contributed by atoms with Gasteiger partial charge < -0.3 is 10.2 Å². The van der Waals surface area contributed by atoms with Crippen molar-refractivity contribution in [1.29, 1.82) is 0 Å². The molecule has 0 bridgehead atoms. The Labute approximate surface area is 136 Å². The van der Waals surface area contributed by atoms with E-state index in [0.29, 0.717) is 0 Å². The summed E-state index contributed by atoms with van der Waals surface area (Å²) in [5.41, 5.74) is 2.70. The molecule has 0 aromatic heterocycles. The lowest BCUT2D eigenvalue weighted by molar-refractivity contribution is 0.248. The number of hydrogen-bond donors (Lipinski definition) is 1. The van der Waals surface area contributed by atoms with Crippen molar-refractivity contribution >= 4 is 21.6 Å². The summed E-state index contributed by atoms with van der Waals surface area (Å²) >= 11 is 3.72. The summed E-state index contributed by atoms with van der Waals surface area (Å²) in [4.78, 5) is 5.16. The summed E-state index contributed by atoms with van der Waals surface area (Å²) in [5, 5.41) is 3.38. The van der Waals surface area contributed by atoms with E-state index < -0.39 is 0 Å². The maximum Gasteiger partial charge on any atom is 0.0378 e. The van der Waals surface area contributed by atoms with Gasteiger partial charge in [0, 0.05) is 49.4 Å². The van der Waals surface area contributed by atoms with Gasteiger partial charge in [-0.3, -0.25) is 4.90 Å². The number of halogens is 1. The van der Waals surface area contributed by atoms with Crippen molar-refractivity contribution in [2.75, 3.05) is 44.2 Å². The van der Waals surface area contributed by atoms with Gasteiger partial charge >= 0.3 is 0 Å². The Hall–Kier alpha value is -0.580. The highest BCUT2D eigenvalue weighted by molar-refractivity contribution is 9.10. The van der Waals surface area contributed by atoms with Gasteiger partial charge in [0.25, 0.3) is 0 Å². The molecule has 4 heteroatoms. The highest BCUT2D eigenvalue weighted by Crippen LogP contribution is 2.30. The van der Waals surface area contributed by atoms with Crippen LogP contribution in [0.15, 0.2) is 22.7 Å². The predicted octanol–water partition coefficient (Wildman–Crippen LogP) is 3.09. The fourth-order valence-electron chi connectivity index (χ4n) is 2.99. The molecule has 2 aliphatic rings. The lowest BCUT2D eigenvalue weighted by Crippen LogP contribution is -2.47. The first kappa shape index (κ1) is 15.3. The van der Waals surface area contributed by atoms with Crippen LogP contribution in [-0.4, -0.2) is 44.2 Å². The van der Waals surface area contributed by atoms with Crippen LogP contribution in [-0.2, 0) is 6.54 Å². The van der Waals surface area contributed by atoms with Crippen molar-refractivity contribution < 1.29 is 0 Å². The van der Waals surface area contributed by atoms with Crippen LogP contribution in [0.3, 0.4) is 0 Å². The topological polar surface area (TPSA) is 18.5 Å². The van der Waals surface area contributed by atoms with Gasteiger partial charge in [-0.05, 0) is 43.0 Å². The Morgan fingerprint density at radius 2 is 1.95 bits per heavy atom. The van der Waals surface area contributed by atoms with E-state index in [1.165, 1.54) is 48.2 Å². The summed E-state index contributed by atoms with van der Waals surface area (Å²) in [7, 11) is 0. The molecule has 0 atom stereocenters. The molecule has 1 aliphatic carbocycles. The zero-order chi connectivity index (χ0) is 14.7. The maximum atomic E-state index is 3.72. The summed E-state index contributed by atoms with van der Waals surface area (Å²) < 4.78 is 1.22. The van der Waals surface area contributed by atoms with E-state index in [4.69, 9.17) is 0 Å². The van der Waals surface area contributed by atoms with E-state index in [9.17, 15) is 0 Å². The zero-order valence-corrected chi connectivity index (χ0v) is 14.5. The van der Waals surface area contributed by atoms with Gasteiger partial charge in [-0.15, -0.1) is 0 Å². The van der Waals surface area contributed by atoms with Crippen LogP contribution in [0.4, 0.5) is 5.69 Å². The van der Waals surface area contributed by atoms with Crippen LogP contribution in [0.1, 0.15) is 25.3 Å². The molecule has 0 unspecified atom stereocenters. The van der Waals surface area contributed by atoms with E-state index in [0.717, 1.165) is 32.1 Å². The second-order valence-corrected chi connectivity index (χ2v) is 7.14. The maximum absolute atomic E-state index is 3.72. The molecule has 2 fully saturated rings. The van der Waals surface area contributed by atoms with Crippen molar-refractivity contribution in [1.82, 2.24) is 10.2 Å². The highest BCUT2D eigenvalue weighted by Gasteiger charge is 2.26. The smallest absolute Gasteiger partial charge is 0.0378 e. The number of piperazine rings is 1. The third kappa shape index (κ3) is 4.21. The summed E-state index contributed by atoms with van der Waals surface area (Å²) in [6.45, 7) is 10.2.